The number of aryl methyl sites for hydroxylation is 1. The molecule has 12 heteroatoms. The van der Waals surface area contributed by atoms with Crippen molar-refractivity contribution in [1.82, 2.24) is 19.9 Å². The van der Waals surface area contributed by atoms with Gasteiger partial charge in [0.1, 0.15) is 22.7 Å². The van der Waals surface area contributed by atoms with Gasteiger partial charge in [0.25, 0.3) is 0 Å². The summed E-state index contributed by atoms with van der Waals surface area (Å²) in [6.45, 7) is 4.11. The number of carbonyl (C=O) groups is 1. The van der Waals surface area contributed by atoms with Gasteiger partial charge in [0.2, 0.25) is 0 Å². The van der Waals surface area contributed by atoms with Crippen LogP contribution in [0, 0.1) is 12.7 Å². The fraction of sp³-hybridized carbons (Fsp3) is 0.222. The fourth-order valence-corrected chi connectivity index (χ4v) is 6.01. The first kappa shape index (κ1) is 25.2. The van der Waals surface area contributed by atoms with Gasteiger partial charge in [0, 0.05) is 34.0 Å². The molecule has 0 bridgehead atoms. The molecule has 198 valence electrons. The van der Waals surface area contributed by atoms with Crippen molar-refractivity contribution in [3.8, 4) is 22.1 Å². The second-order valence-corrected chi connectivity index (χ2v) is 10.4. The van der Waals surface area contributed by atoms with Gasteiger partial charge in [-0.15, -0.1) is 11.3 Å². The minimum absolute atomic E-state index is 0.0198. The van der Waals surface area contributed by atoms with Crippen LogP contribution < -0.4 is 14.4 Å². The monoisotopic (exact) mass is 565 g/mol. The van der Waals surface area contributed by atoms with Crippen molar-refractivity contribution in [2.45, 2.75) is 26.4 Å². The molecule has 4 heterocycles. The van der Waals surface area contributed by atoms with Crippen LogP contribution in [0.3, 0.4) is 0 Å². The van der Waals surface area contributed by atoms with E-state index in [2.05, 4.69) is 15.0 Å². The highest BCUT2D eigenvalue weighted by molar-refractivity contribution is 7.22. The number of ether oxygens (including phenoxy) is 2. The van der Waals surface area contributed by atoms with Crippen LogP contribution in [0.2, 0.25) is 5.02 Å². The first-order valence-corrected chi connectivity index (χ1v) is 13.3. The molecule has 1 aliphatic rings. The zero-order valence-corrected chi connectivity index (χ0v) is 22.4. The van der Waals surface area contributed by atoms with Crippen LogP contribution in [0.25, 0.3) is 31.7 Å². The minimum Gasteiger partial charge on any atom is -0.492 e. The quantitative estimate of drug-likeness (QED) is 0.256. The smallest absolute Gasteiger partial charge is 0.412 e. The SMILES string of the molecule is CCOc1cnc2c(-c3nc4cc(F)c5c(c4s3)CC(CN(C(=O)O)c3cnc(C)nc3)O5)cc(Cl)cc2c1. The lowest BCUT2D eigenvalue weighted by molar-refractivity contribution is 0.190. The Bertz CT molecular complexity index is 1750. The summed E-state index contributed by atoms with van der Waals surface area (Å²) in [6.07, 6.45) is 3.06. The summed E-state index contributed by atoms with van der Waals surface area (Å²) in [5.41, 5.74) is 2.87. The van der Waals surface area contributed by atoms with E-state index in [1.54, 1.807) is 19.2 Å². The number of hydrogen-bond donors (Lipinski definition) is 1. The Morgan fingerprint density at radius 3 is 2.77 bits per heavy atom. The summed E-state index contributed by atoms with van der Waals surface area (Å²) in [6, 6.07) is 6.82. The Hall–Kier alpha value is -4.09. The number of aromatic nitrogens is 4. The van der Waals surface area contributed by atoms with E-state index in [-0.39, 0.29) is 12.3 Å². The van der Waals surface area contributed by atoms with E-state index in [9.17, 15) is 9.90 Å². The molecule has 3 aromatic heterocycles. The van der Waals surface area contributed by atoms with Crippen molar-refractivity contribution >= 4 is 55.8 Å². The predicted molar refractivity (Wildman–Crippen MR) is 147 cm³/mol. The Labute approximate surface area is 230 Å². The van der Waals surface area contributed by atoms with Crippen LogP contribution >= 0.6 is 22.9 Å². The van der Waals surface area contributed by atoms with Crippen molar-refractivity contribution in [3.63, 3.8) is 0 Å². The van der Waals surface area contributed by atoms with Gasteiger partial charge in [-0.2, -0.15) is 0 Å². The van der Waals surface area contributed by atoms with Gasteiger partial charge in [-0.3, -0.25) is 9.88 Å². The summed E-state index contributed by atoms with van der Waals surface area (Å²) < 4.78 is 27.4. The third-order valence-corrected chi connectivity index (χ3v) is 7.74. The molecule has 0 aliphatic carbocycles. The Morgan fingerprint density at radius 1 is 1.23 bits per heavy atom. The Balaban J connectivity index is 1.36. The number of amides is 1. The largest absolute Gasteiger partial charge is 0.492 e. The first-order chi connectivity index (χ1) is 18.8. The normalized spacial score (nSPS) is 14.4. The number of fused-ring (bicyclic) bond motifs is 4. The standard InChI is InChI=1S/C27H21ClFN5O4S/c1-3-37-17-5-14-4-15(28)6-19(23(14)32-11-17)26-33-22-8-21(29)24-20(25(22)39-26)7-18(38-24)12-34(27(35)36)16-9-30-13(2)31-10-16/h4-6,8-11,18H,3,7,12H2,1-2H3,(H,35,36). The van der Waals surface area contributed by atoms with Gasteiger partial charge >= 0.3 is 6.09 Å². The average molecular weight is 566 g/mol. The molecule has 0 saturated carbocycles. The summed E-state index contributed by atoms with van der Waals surface area (Å²) >= 11 is 7.83. The van der Waals surface area contributed by atoms with Crippen molar-refractivity contribution in [3.05, 3.63) is 65.1 Å². The number of halogens is 2. The summed E-state index contributed by atoms with van der Waals surface area (Å²) in [7, 11) is 0. The van der Waals surface area contributed by atoms with Crippen LogP contribution in [0.5, 0.6) is 11.5 Å². The van der Waals surface area contributed by atoms with Crippen LogP contribution in [0.4, 0.5) is 14.9 Å². The molecule has 9 nitrogen and oxygen atoms in total. The van der Waals surface area contributed by atoms with Gasteiger partial charge in [-0.25, -0.2) is 24.1 Å². The van der Waals surface area contributed by atoms with Crippen molar-refractivity contribution in [2.75, 3.05) is 18.1 Å². The molecule has 0 saturated heterocycles. The third kappa shape index (κ3) is 4.68. The van der Waals surface area contributed by atoms with Gasteiger partial charge in [-0.1, -0.05) is 11.6 Å². The number of thiazole rings is 1. The van der Waals surface area contributed by atoms with Crippen molar-refractivity contribution < 1.29 is 23.8 Å². The minimum atomic E-state index is -1.18. The van der Waals surface area contributed by atoms with Crippen LogP contribution in [0.1, 0.15) is 18.3 Å². The van der Waals surface area contributed by atoms with E-state index in [0.29, 0.717) is 56.9 Å². The molecule has 1 amide bonds. The molecule has 1 unspecified atom stereocenters. The summed E-state index contributed by atoms with van der Waals surface area (Å²) in [5, 5.41) is 11.7. The number of nitrogens with zero attached hydrogens (tertiary/aromatic N) is 5. The lowest BCUT2D eigenvalue weighted by Crippen LogP contribution is -2.38. The van der Waals surface area contributed by atoms with Gasteiger partial charge in [0.05, 0.1) is 53.2 Å². The predicted octanol–water partition coefficient (Wildman–Crippen LogP) is 6.29. The molecule has 5 aromatic rings. The van der Waals surface area contributed by atoms with Crippen LogP contribution in [-0.4, -0.2) is 50.4 Å². The number of benzene rings is 2. The molecule has 1 N–H and O–H groups in total. The molecular formula is C27H21ClFN5O4S. The summed E-state index contributed by atoms with van der Waals surface area (Å²) in [4.78, 5) is 30.5. The molecular weight excluding hydrogens is 545 g/mol. The molecule has 2 aromatic carbocycles. The van der Waals surface area contributed by atoms with E-state index < -0.39 is 18.0 Å². The maximum Gasteiger partial charge on any atom is 0.412 e. The molecule has 1 aliphatic heterocycles. The lowest BCUT2D eigenvalue weighted by Gasteiger charge is -2.22. The van der Waals surface area contributed by atoms with Crippen LogP contribution in [-0.2, 0) is 6.42 Å². The Kier molecular flexibility index (Phi) is 6.40. The maximum absolute atomic E-state index is 15.1. The molecule has 0 fully saturated rings. The zero-order valence-electron chi connectivity index (χ0n) is 20.8. The van der Waals surface area contributed by atoms with E-state index in [1.807, 2.05) is 19.1 Å². The van der Waals surface area contributed by atoms with E-state index in [1.165, 1.54) is 29.8 Å². The lowest BCUT2D eigenvalue weighted by atomic mass is 10.1. The third-order valence-electron chi connectivity index (χ3n) is 6.36. The Morgan fingerprint density at radius 2 is 2.03 bits per heavy atom. The number of rotatable bonds is 6. The second kappa shape index (κ2) is 9.90. The van der Waals surface area contributed by atoms with Crippen LogP contribution in [0.15, 0.2) is 42.9 Å². The first-order valence-electron chi connectivity index (χ1n) is 12.1. The number of hydrogen-bond acceptors (Lipinski definition) is 8. The average Bonchev–Trinajstić information content (AvgIpc) is 3.52. The fourth-order valence-electron chi connectivity index (χ4n) is 4.67. The molecule has 39 heavy (non-hydrogen) atoms. The highest BCUT2D eigenvalue weighted by atomic mass is 35.5. The van der Waals surface area contributed by atoms with Gasteiger partial charge in [-0.05, 0) is 32.0 Å². The van der Waals surface area contributed by atoms with E-state index in [0.717, 1.165) is 20.5 Å². The molecule has 0 radical (unpaired) electrons. The summed E-state index contributed by atoms with van der Waals surface area (Å²) in [5.74, 6) is 0.728. The highest BCUT2D eigenvalue weighted by Gasteiger charge is 2.33. The van der Waals surface area contributed by atoms with Gasteiger partial charge in [0.15, 0.2) is 11.6 Å². The molecule has 6 rings (SSSR count). The van der Waals surface area contributed by atoms with Gasteiger partial charge < -0.3 is 14.6 Å². The number of carboxylic acid groups (broad SMARTS) is 1. The topological polar surface area (TPSA) is 111 Å². The van der Waals surface area contributed by atoms with E-state index >= 15 is 4.39 Å². The zero-order chi connectivity index (χ0) is 27.3. The molecule has 0 spiro atoms. The van der Waals surface area contributed by atoms with E-state index in [4.69, 9.17) is 26.1 Å². The molecule has 1 atom stereocenters. The second-order valence-electron chi connectivity index (χ2n) is 8.99. The number of anilines is 1. The van der Waals surface area contributed by atoms with Crippen molar-refractivity contribution in [2.24, 2.45) is 0 Å². The van der Waals surface area contributed by atoms with Crippen molar-refractivity contribution in [1.29, 1.82) is 0 Å². The number of pyridine rings is 1. The maximum atomic E-state index is 15.1. The highest BCUT2D eigenvalue weighted by Crippen LogP contribution is 2.44.